The van der Waals surface area contributed by atoms with Gasteiger partial charge in [0.1, 0.15) is 0 Å². The molecule has 0 spiro atoms. The van der Waals surface area contributed by atoms with Gasteiger partial charge in [0.05, 0.1) is 0 Å². The molecule has 1 atom stereocenters. The number of rotatable bonds is 4. The van der Waals surface area contributed by atoms with Crippen LogP contribution in [0, 0.1) is 0 Å². The van der Waals surface area contributed by atoms with Crippen LogP contribution in [0.2, 0.25) is 6.55 Å². The first-order valence-corrected chi connectivity index (χ1v) is 8.37. The van der Waals surface area contributed by atoms with Gasteiger partial charge in [0.15, 0.2) is 6.17 Å². The molecular weight excluding hydrogens is 304 g/mol. The van der Waals surface area contributed by atoms with Crippen LogP contribution in [0.5, 0.6) is 0 Å². The fraction of sp³-hybridized carbons (Fsp3) is 1.00. The van der Waals surface area contributed by atoms with Crippen molar-refractivity contribution in [2.75, 3.05) is 0 Å². The third-order valence-electron chi connectivity index (χ3n) is 1.86. The molecule has 0 saturated carbocycles. The normalized spacial score (nSPS) is 17.4. The first kappa shape index (κ1) is 16.3. The molecule has 0 bridgehead atoms. The Bertz CT molecular complexity index is 260. The van der Waals surface area contributed by atoms with Crippen molar-refractivity contribution in [3.8, 4) is 0 Å². The third-order valence-corrected chi connectivity index (χ3v) is 4.70. The summed E-state index contributed by atoms with van der Waals surface area (Å²) in [6.45, 7) is -4.56. The maximum Gasteiger partial charge on any atom is 0.373 e. The molecule has 0 aliphatic heterocycles. The van der Waals surface area contributed by atoms with Gasteiger partial charge in [-0.15, -0.1) is 22.2 Å². The average molecular weight is 311 g/mol. The lowest BCUT2D eigenvalue weighted by molar-refractivity contribution is -0.299. The highest BCUT2D eigenvalue weighted by Gasteiger charge is 2.79. The van der Waals surface area contributed by atoms with Crippen LogP contribution >= 0.6 is 22.2 Å². The summed E-state index contributed by atoms with van der Waals surface area (Å²) in [5.41, 5.74) is -5.35. The van der Waals surface area contributed by atoms with E-state index < -0.39 is 30.3 Å². The minimum atomic E-state index is -5.95. The van der Waals surface area contributed by atoms with Gasteiger partial charge < -0.3 is 0 Å². The molecule has 0 aliphatic rings. The van der Waals surface area contributed by atoms with E-state index in [9.17, 15) is 30.7 Å². The van der Waals surface area contributed by atoms with E-state index in [0.29, 0.717) is 6.55 Å². The van der Waals surface area contributed by atoms with E-state index in [-0.39, 0.29) is 6.92 Å². The fourth-order valence-electron chi connectivity index (χ4n) is 0.735. The smallest absolute Gasteiger partial charge is 0.241 e. The first-order valence-electron chi connectivity index (χ1n) is 3.85. The Morgan fingerprint density at radius 1 is 1.00 bits per heavy atom. The Morgan fingerprint density at radius 2 is 1.31 bits per heavy atom. The Labute approximate surface area is 97.1 Å². The SMILES string of the molecule is CC(F)C(F)(F)C(F)(F)C(F)(F)[Si](C)(Cl)Cl. The Kier molecular flexibility index (Phi) is 4.28. The summed E-state index contributed by atoms with van der Waals surface area (Å²) < 4.78 is 89.2. The summed E-state index contributed by atoms with van der Waals surface area (Å²) in [4.78, 5) is 0. The van der Waals surface area contributed by atoms with Gasteiger partial charge >= 0.3 is 24.1 Å². The molecule has 0 N–H and O–H groups in total. The highest BCUT2D eigenvalue weighted by Crippen LogP contribution is 2.53. The lowest BCUT2D eigenvalue weighted by Gasteiger charge is -2.36. The van der Waals surface area contributed by atoms with E-state index >= 15 is 0 Å². The highest BCUT2D eigenvalue weighted by molar-refractivity contribution is 7.46. The molecule has 1 unspecified atom stereocenters. The van der Waals surface area contributed by atoms with Crippen LogP contribution in [0.4, 0.5) is 30.7 Å². The molecule has 0 radical (unpaired) electrons. The molecule has 0 aromatic carbocycles. The number of hydrogen-bond donors (Lipinski definition) is 0. The van der Waals surface area contributed by atoms with Crippen LogP contribution in [-0.2, 0) is 0 Å². The van der Waals surface area contributed by atoms with Crippen molar-refractivity contribution in [1.29, 1.82) is 0 Å². The predicted molar refractivity (Wildman–Crippen MR) is 48.7 cm³/mol. The van der Waals surface area contributed by atoms with Crippen molar-refractivity contribution in [1.82, 2.24) is 0 Å². The maximum atomic E-state index is 13.0. The van der Waals surface area contributed by atoms with Gasteiger partial charge in [0.2, 0.25) is 0 Å². The average Bonchev–Trinajstić information content (AvgIpc) is 2.00. The minimum Gasteiger partial charge on any atom is -0.241 e. The van der Waals surface area contributed by atoms with Gasteiger partial charge in [0.25, 0.3) is 0 Å². The largest absolute Gasteiger partial charge is 0.373 e. The third kappa shape index (κ3) is 2.28. The topological polar surface area (TPSA) is 0 Å². The number of alkyl halides is 7. The summed E-state index contributed by atoms with van der Waals surface area (Å²) in [5, 5.41) is 0. The molecule has 10 heteroatoms. The molecule has 0 fully saturated rings. The van der Waals surface area contributed by atoms with Crippen LogP contribution in [0.1, 0.15) is 6.92 Å². The van der Waals surface area contributed by atoms with Crippen LogP contribution in [0.3, 0.4) is 0 Å². The van der Waals surface area contributed by atoms with Crippen LogP contribution < -0.4 is 0 Å². The number of hydrogen-bond acceptors (Lipinski definition) is 0. The maximum absolute atomic E-state index is 13.0. The predicted octanol–water partition coefficient (Wildman–Crippen LogP) is 4.34. The van der Waals surface area contributed by atoms with Crippen molar-refractivity contribution in [2.24, 2.45) is 0 Å². The van der Waals surface area contributed by atoms with Crippen molar-refractivity contribution in [3.63, 3.8) is 0 Å². The van der Waals surface area contributed by atoms with Gasteiger partial charge in [0, 0.05) is 0 Å². The lowest BCUT2D eigenvalue weighted by atomic mass is 10.1. The molecule has 0 heterocycles. The first-order chi connectivity index (χ1) is 6.69. The van der Waals surface area contributed by atoms with Crippen LogP contribution in [-0.4, -0.2) is 30.3 Å². The molecule has 0 amide bonds. The van der Waals surface area contributed by atoms with E-state index in [1.54, 1.807) is 0 Å². The van der Waals surface area contributed by atoms with E-state index in [4.69, 9.17) is 22.2 Å². The molecule has 0 nitrogen and oxygen atoms in total. The summed E-state index contributed by atoms with van der Waals surface area (Å²) in [6.07, 6.45) is -3.46. The zero-order valence-corrected chi connectivity index (χ0v) is 10.5. The highest BCUT2D eigenvalue weighted by atomic mass is 35.7. The molecule has 0 rings (SSSR count). The van der Waals surface area contributed by atoms with Gasteiger partial charge in [-0.1, -0.05) is 0 Å². The molecular formula is C6H7Cl2F7Si. The molecule has 0 aromatic heterocycles. The minimum absolute atomic E-state index is 0.0470. The monoisotopic (exact) mass is 310 g/mol. The Hall–Kier alpha value is 0.307. The van der Waals surface area contributed by atoms with Crippen LogP contribution in [0.15, 0.2) is 0 Å². The Morgan fingerprint density at radius 3 is 1.50 bits per heavy atom. The molecule has 98 valence electrons. The van der Waals surface area contributed by atoms with Crippen molar-refractivity contribution >= 4 is 28.9 Å². The molecule has 0 aliphatic carbocycles. The Balaban J connectivity index is 5.53. The molecule has 0 aromatic rings. The molecule has 16 heavy (non-hydrogen) atoms. The van der Waals surface area contributed by atoms with Gasteiger partial charge in [-0.25, -0.2) is 13.2 Å². The van der Waals surface area contributed by atoms with Crippen molar-refractivity contribution in [3.05, 3.63) is 0 Å². The summed E-state index contributed by atoms with van der Waals surface area (Å²) in [6, 6.07) is 0. The quantitative estimate of drug-likeness (QED) is 0.412. The van der Waals surface area contributed by atoms with Gasteiger partial charge in [-0.2, -0.15) is 17.6 Å². The van der Waals surface area contributed by atoms with Crippen molar-refractivity contribution < 1.29 is 30.7 Å². The number of halogens is 9. The van der Waals surface area contributed by atoms with Crippen molar-refractivity contribution in [2.45, 2.75) is 37.0 Å². The van der Waals surface area contributed by atoms with Crippen LogP contribution in [0.25, 0.3) is 0 Å². The lowest BCUT2D eigenvalue weighted by Crippen LogP contribution is -2.65. The summed E-state index contributed by atoms with van der Waals surface area (Å²) in [7, 11) is 0. The van der Waals surface area contributed by atoms with E-state index in [0.717, 1.165) is 0 Å². The fourth-order valence-corrected chi connectivity index (χ4v) is 2.16. The van der Waals surface area contributed by atoms with Gasteiger partial charge in [-0.05, 0) is 13.5 Å². The zero-order valence-electron chi connectivity index (χ0n) is 7.98. The standard InChI is InChI=1S/C6H7Cl2F7Si/c1-3(9)4(10,11)5(12,13)6(14,15)16(2,7)8/h3H,1-2H3. The molecule has 0 saturated heterocycles. The summed E-state index contributed by atoms with van der Waals surface area (Å²) >= 11 is 9.68. The second-order valence-corrected chi connectivity index (χ2v) is 10.8. The van der Waals surface area contributed by atoms with E-state index in [1.165, 1.54) is 0 Å². The second-order valence-electron chi connectivity index (χ2n) is 3.28. The van der Waals surface area contributed by atoms with E-state index in [1.807, 2.05) is 0 Å². The van der Waals surface area contributed by atoms with Gasteiger partial charge in [-0.3, -0.25) is 0 Å². The second kappa shape index (κ2) is 4.20. The van der Waals surface area contributed by atoms with E-state index in [2.05, 4.69) is 0 Å². The zero-order chi connectivity index (χ0) is 13.6. The summed E-state index contributed by atoms with van der Waals surface area (Å²) in [5.74, 6) is -11.5.